The molecular weight excluding hydrogens is 576 g/mol. The van der Waals surface area contributed by atoms with Crippen LogP contribution in [0.3, 0.4) is 0 Å². The summed E-state index contributed by atoms with van der Waals surface area (Å²) in [4.78, 5) is 24.8. The van der Waals surface area contributed by atoms with E-state index in [1.165, 1.54) is 0 Å². The third-order valence-electron chi connectivity index (χ3n) is 6.21. The molecule has 0 heterocycles. The lowest BCUT2D eigenvalue weighted by Gasteiger charge is -2.59. The van der Waals surface area contributed by atoms with E-state index in [1.54, 1.807) is 0 Å². The maximum absolute atomic E-state index is 12.6. The highest BCUT2D eigenvalue weighted by atomic mass is 79.9. The Kier molecular flexibility index (Phi) is 6.59. The summed E-state index contributed by atoms with van der Waals surface area (Å²) in [6.45, 7) is 3.78. The van der Waals surface area contributed by atoms with E-state index in [1.807, 2.05) is 13.8 Å². The van der Waals surface area contributed by atoms with Gasteiger partial charge in [0.2, 0.25) is 0 Å². The second-order valence-corrected chi connectivity index (χ2v) is 11.7. The molecule has 4 nitrogen and oxygen atoms in total. The van der Waals surface area contributed by atoms with E-state index in [4.69, 9.17) is 0 Å². The van der Waals surface area contributed by atoms with Gasteiger partial charge in [-0.15, -0.1) is 0 Å². The number of halogens is 4. The standard InChI is InChI=1S/C16H22Br4O4/c1-7-3-4-9(17)12(20)16(7,14(23)24)15(13(21)22)6-11(19)10(18)5-8(15)2/h7-12H,3-6H2,1-2H3,(H,21,22)(H,23,24). The van der Waals surface area contributed by atoms with Crippen molar-refractivity contribution >= 4 is 75.7 Å². The molecule has 0 aliphatic heterocycles. The average Bonchev–Trinajstić information content (AvgIpc) is 2.48. The lowest BCUT2D eigenvalue weighted by Crippen LogP contribution is -2.68. The van der Waals surface area contributed by atoms with Crippen LogP contribution >= 0.6 is 63.7 Å². The normalized spacial score (nSPS) is 49.6. The molecule has 0 aromatic heterocycles. The molecule has 0 amide bonds. The summed E-state index contributed by atoms with van der Waals surface area (Å²) >= 11 is 14.4. The lowest BCUT2D eigenvalue weighted by molar-refractivity contribution is -0.193. The Morgan fingerprint density at radius 2 is 1.46 bits per heavy atom. The summed E-state index contributed by atoms with van der Waals surface area (Å²) in [5, 5.41) is 20.7. The highest BCUT2D eigenvalue weighted by Crippen LogP contribution is 2.65. The van der Waals surface area contributed by atoms with Gasteiger partial charge >= 0.3 is 11.9 Å². The Balaban J connectivity index is 2.73. The Morgan fingerprint density at radius 3 is 1.96 bits per heavy atom. The van der Waals surface area contributed by atoms with E-state index in [0.29, 0.717) is 12.8 Å². The number of hydrogen-bond donors (Lipinski definition) is 2. The molecule has 2 saturated carbocycles. The largest absolute Gasteiger partial charge is 0.481 e. The molecule has 2 N–H and O–H groups in total. The number of carbonyl (C=O) groups is 2. The van der Waals surface area contributed by atoms with Gasteiger partial charge in [-0.05, 0) is 37.5 Å². The topological polar surface area (TPSA) is 74.6 Å². The molecule has 0 radical (unpaired) electrons. The van der Waals surface area contributed by atoms with E-state index >= 15 is 0 Å². The van der Waals surface area contributed by atoms with Crippen molar-refractivity contribution in [1.29, 1.82) is 0 Å². The Bertz CT molecular complexity index is 530. The minimum Gasteiger partial charge on any atom is -0.481 e. The SMILES string of the molecule is CC1CC(Br)C(Br)CC1(C(=O)O)C1(C(=O)O)C(C)CCC(Br)C1Br. The summed E-state index contributed by atoms with van der Waals surface area (Å²) in [5.41, 5.74) is -2.71. The fraction of sp³-hybridized carbons (Fsp3) is 0.875. The van der Waals surface area contributed by atoms with Crippen LogP contribution in [0.15, 0.2) is 0 Å². The summed E-state index contributed by atoms with van der Waals surface area (Å²) < 4.78 is 0. The van der Waals surface area contributed by atoms with Crippen LogP contribution in [-0.4, -0.2) is 41.5 Å². The summed E-state index contributed by atoms with van der Waals surface area (Å²) in [7, 11) is 0. The minimum absolute atomic E-state index is 0.0660. The van der Waals surface area contributed by atoms with Gasteiger partial charge in [0.15, 0.2) is 0 Å². The molecule has 8 heteroatoms. The van der Waals surface area contributed by atoms with Crippen molar-refractivity contribution in [3.8, 4) is 0 Å². The zero-order valence-corrected chi connectivity index (χ0v) is 19.9. The molecule has 2 aliphatic carbocycles. The predicted octanol–water partition coefficient (Wildman–Crippen LogP) is 5.04. The van der Waals surface area contributed by atoms with Crippen LogP contribution in [-0.2, 0) is 9.59 Å². The first-order valence-corrected chi connectivity index (χ1v) is 11.7. The molecule has 24 heavy (non-hydrogen) atoms. The summed E-state index contributed by atoms with van der Waals surface area (Å²) in [5.74, 6) is -2.51. The van der Waals surface area contributed by atoms with Gasteiger partial charge in [-0.2, -0.15) is 0 Å². The molecule has 2 fully saturated rings. The number of carboxylic acids is 2. The third-order valence-corrected chi connectivity index (χ3v) is 11.9. The molecule has 2 rings (SSSR count). The van der Waals surface area contributed by atoms with Gasteiger partial charge in [0.05, 0.1) is 5.41 Å². The number of carboxylic acid groups (broad SMARTS) is 2. The van der Waals surface area contributed by atoms with Gasteiger partial charge in [0, 0.05) is 19.3 Å². The van der Waals surface area contributed by atoms with Gasteiger partial charge in [0.1, 0.15) is 5.41 Å². The van der Waals surface area contributed by atoms with Crippen molar-refractivity contribution in [2.45, 2.75) is 58.8 Å². The fourth-order valence-corrected chi connectivity index (χ4v) is 8.40. The zero-order chi connectivity index (χ0) is 18.4. The first kappa shape index (κ1) is 21.2. The Hall–Kier alpha value is 0.860. The van der Waals surface area contributed by atoms with Crippen molar-refractivity contribution < 1.29 is 19.8 Å². The van der Waals surface area contributed by atoms with Crippen molar-refractivity contribution in [1.82, 2.24) is 0 Å². The van der Waals surface area contributed by atoms with Gasteiger partial charge in [-0.3, -0.25) is 9.59 Å². The second-order valence-electron chi connectivity index (χ2n) is 7.22. The summed E-state index contributed by atoms with van der Waals surface area (Å²) in [6, 6.07) is 0. The molecule has 8 atom stereocenters. The minimum atomic E-state index is -1.37. The van der Waals surface area contributed by atoms with Gasteiger partial charge in [-0.25, -0.2) is 0 Å². The van der Waals surface area contributed by atoms with Crippen molar-refractivity contribution in [3.63, 3.8) is 0 Å². The first-order valence-electron chi connectivity index (χ1n) is 8.06. The predicted molar refractivity (Wildman–Crippen MR) is 108 cm³/mol. The zero-order valence-electron chi connectivity index (χ0n) is 13.5. The molecule has 0 saturated heterocycles. The number of aliphatic carboxylic acids is 2. The average molecular weight is 598 g/mol. The molecule has 0 spiro atoms. The van der Waals surface area contributed by atoms with Crippen molar-refractivity contribution in [2.24, 2.45) is 22.7 Å². The van der Waals surface area contributed by atoms with Gasteiger partial charge < -0.3 is 10.2 Å². The van der Waals surface area contributed by atoms with E-state index in [-0.39, 0.29) is 32.7 Å². The van der Waals surface area contributed by atoms with Crippen LogP contribution in [0.4, 0.5) is 0 Å². The van der Waals surface area contributed by atoms with Crippen LogP contribution in [0, 0.1) is 22.7 Å². The molecule has 0 aromatic carbocycles. The van der Waals surface area contributed by atoms with Crippen LogP contribution < -0.4 is 0 Å². The van der Waals surface area contributed by atoms with Crippen LogP contribution in [0.25, 0.3) is 0 Å². The van der Waals surface area contributed by atoms with Crippen molar-refractivity contribution in [2.75, 3.05) is 0 Å². The van der Waals surface area contributed by atoms with Crippen molar-refractivity contribution in [3.05, 3.63) is 0 Å². The second kappa shape index (κ2) is 7.47. The van der Waals surface area contributed by atoms with E-state index in [2.05, 4.69) is 63.7 Å². The van der Waals surface area contributed by atoms with Crippen LogP contribution in [0.1, 0.15) is 39.5 Å². The van der Waals surface area contributed by atoms with Crippen LogP contribution in [0.2, 0.25) is 0 Å². The third kappa shape index (κ3) is 2.85. The lowest BCUT2D eigenvalue weighted by atomic mass is 9.46. The number of rotatable bonds is 3. The van der Waals surface area contributed by atoms with E-state index in [9.17, 15) is 19.8 Å². The maximum atomic E-state index is 12.6. The van der Waals surface area contributed by atoms with Gasteiger partial charge in [0.25, 0.3) is 0 Å². The smallest absolute Gasteiger partial charge is 0.312 e. The number of alkyl halides is 4. The maximum Gasteiger partial charge on any atom is 0.312 e. The Labute approximate surface area is 176 Å². The highest BCUT2D eigenvalue weighted by molar-refractivity contribution is 9.12. The molecule has 138 valence electrons. The van der Waals surface area contributed by atoms with E-state index < -0.39 is 27.6 Å². The molecule has 2 aliphatic rings. The quantitative estimate of drug-likeness (QED) is 0.447. The monoisotopic (exact) mass is 594 g/mol. The molecular formula is C16H22Br4O4. The molecule has 0 bridgehead atoms. The first-order chi connectivity index (χ1) is 11.0. The van der Waals surface area contributed by atoms with E-state index in [0.717, 1.165) is 6.42 Å². The summed E-state index contributed by atoms with van der Waals surface area (Å²) in [6.07, 6.45) is 2.43. The Morgan fingerprint density at radius 1 is 0.875 bits per heavy atom. The fourth-order valence-electron chi connectivity index (χ4n) is 4.92. The number of hydrogen-bond acceptors (Lipinski definition) is 2. The van der Waals surface area contributed by atoms with Crippen LogP contribution in [0.5, 0.6) is 0 Å². The van der Waals surface area contributed by atoms with Gasteiger partial charge in [-0.1, -0.05) is 77.6 Å². The highest BCUT2D eigenvalue weighted by Gasteiger charge is 2.72. The molecule has 0 aromatic rings. The molecule has 8 unspecified atom stereocenters.